The van der Waals surface area contributed by atoms with Gasteiger partial charge in [0.25, 0.3) is 0 Å². The molecule has 2 aliphatic heterocycles. The highest BCUT2D eigenvalue weighted by Gasteiger charge is 2.45. The van der Waals surface area contributed by atoms with Crippen LogP contribution >= 0.6 is 0 Å². The Labute approximate surface area is 148 Å². The van der Waals surface area contributed by atoms with E-state index in [1.807, 2.05) is 9.80 Å². The summed E-state index contributed by atoms with van der Waals surface area (Å²) in [4.78, 5) is 36.2. The molecular formula is C18H27N5O2. The number of aromatic nitrogens is 2. The lowest BCUT2D eigenvalue weighted by atomic mass is 9.75. The summed E-state index contributed by atoms with van der Waals surface area (Å²) in [6.07, 6.45) is 8.15. The predicted octanol–water partition coefficient (Wildman–Crippen LogP) is 0.774. The lowest BCUT2D eigenvalue weighted by Gasteiger charge is -2.45. The zero-order chi connectivity index (χ0) is 17.4. The van der Waals surface area contributed by atoms with Gasteiger partial charge in [-0.2, -0.15) is 0 Å². The number of piperazine rings is 1. The molecule has 1 saturated carbocycles. The average molecular weight is 345 g/mol. The molecule has 2 fully saturated rings. The van der Waals surface area contributed by atoms with E-state index in [9.17, 15) is 9.59 Å². The average Bonchev–Trinajstić information content (AvgIpc) is 3.11. The summed E-state index contributed by atoms with van der Waals surface area (Å²) in [5.41, 5.74) is 2.09. The molecule has 0 radical (unpaired) electrons. The third-order valence-electron chi connectivity index (χ3n) is 6.07. The third-order valence-corrected chi connectivity index (χ3v) is 6.07. The molecule has 3 aliphatic rings. The molecule has 0 bridgehead atoms. The Hall–Kier alpha value is -1.89. The van der Waals surface area contributed by atoms with Crippen molar-refractivity contribution in [1.29, 1.82) is 0 Å². The highest BCUT2D eigenvalue weighted by atomic mass is 16.2. The molecule has 1 unspecified atom stereocenters. The van der Waals surface area contributed by atoms with E-state index in [-0.39, 0.29) is 23.4 Å². The lowest BCUT2D eigenvalue weighted by molar-refractivity contribution is -0.140. The first-order valence-corrected chi connectivity index (χ1v) is 9.44. The number of rotatable bonds is 1. The molecule has 25 heavy (non-hydrogen) atoms. The second-order valence-corrected chi connectivity index (χ2v) is 7.60. The van der Waals surface area contributed by atoms with Gasteiger partial charge >= 0.3 is 0 Å². The number of aromatic amines is 1. The van der Waals surface area contributed by atoms with Crippen LogP contribution in [0.3, 0.4) is 0 Å². The van der Waals surface area contributed by atoms with E-state index in [0.29, 0.717) is 32.6 Å². The zero-order valence-electron chi connectivity index (χ0n) is 14.9. The molecule has 136 valence electrons. The SMILES string of the molecule is CC(=O)N1CCN(C(=O)C2Cc3[nH]cnc3C3(CCCCC3)N2)CC1. The second-order valence-electron chi connectivity index (χ2n) is 7.60. The summed E-state index contributed by atoms with van der Waals surface area (Å²) in [7, 11) is 0. The molecule has 1 atom stereocenters. The smallest absolute Gasteiger partial charge is 0.240 e. The second kappa shape index (κ2) is 6.44. The van der Waals surface area contributed by atoms with Gasteiger partial charge in [-0.3, -0.25) is 14.9 Å². The molecule has 1 aromatic rings. The van der Waals surface area contributed by atoms with Gasteiger partial charge in [0.1, 0.15) is 0 Å². The number of hydrogen-bond donors (Lipinski definition) is 2. The fraction of sp³-hybridized carbons (Fsp3) is 0.722. The number of carbonyl (C=O) groups is 2. The molecule has 1 aliphatic carbocycles. The van der Waals surface area contributed by atoms with Gasteiger partial charge in [-0.1, -0.05) is 19.3 Å². The van der Waals surface area contributed by atoms with Crippen molar-refractivity contribution in [2.24, 2.45) is 0 Å². The summed E-state index contributed by atoms with van der Waals surface area (Å²) < 4.78 is 0. The van der Waals surface area contributed by atoms with Crippen LogP contribution < -0.4 is 5.32 Å². The number of nitrogens with zero attached hydrogens (tertiary/aromatic N) is 3. The first-order valence-electron chi connectivity index (χ1n) is 9.44. The quantitative estimate of drug-likeness (QED) is 0.788. The van der Waals surface area contributed by atoms with Gasteiger partial charge in [-0.15, -0.1) is 0 Å². The molecule has 4 rings (SSSR count). The van der Waals surface area contributed by atoms with Crippen LogP contribution in [0.25, 0.3) is 0 Å². The predicted molar refractivity (Wildman–Crippen MR) is 92.8 cm³/mol. The van der Waals surface area contributed by atoms with Crippen molar-refractivity contribution in [2.75, 3.05) is 26.2 Å². The maximum absolute atomic E-state index is 13.1. The van der Waals surface area contributed by atoms with Gasteiger partial charge in [0.2, 0.25) is 11.8 Å². The summed E-state index contributed by atoms with van der Waals surface area (Å²) >= 11 is 0. The van der Waals surface area contributed by atoms with Gasteiger partial charge in [-0.25, -0.2) is 4.98 Å². The molecule has 0 aromatic carbocycles. The van der Waals surface area contributed by atoms with Crippen molar-refractivity contribution >= 4 is 11.8 Å². The number of imidazole rings is 1. The van der Waals surface area contributed by atoms with Gasteiger partial charge < -0.3 is 14.8 Å². The van der Waals surface area contributed by atoms with E-state index < -0.39 is 0 Å². The van der Waals surface area contributed by atoms with Crippen molar-refractivity contribution < 1.29 is 9.59 Å². The van der Waals surface area contributed by atoms with Crippen LogP contribution in [-0.4, -0.2) is 63.8 Å². The normalized spacial score (nSPS) is 25.7. The molecule has 1 aromatic heterocycles. The number of H-pyrrole nitrogens is 1. The number of hydrogen-bond acceptors (Lipinski definition) is 4. The minimum atomic E-state index is -0.199. The first kappa shape index (κ1) is 16.6. The van der Waals surface area contributed by atoms with Gasteiger partial charge in [0.15, 0.2) is 0 Å². The Morgan fingerprint density at radius 1 is 1.12 bits per heavy atom. The van der Waals surface area contributed by atoms with Crippen molar-refractivity contribution in [1.82, 2.24) is 25.1 Å². The maximum atomic E-state index is 13.1. The maximum Gasteiger partial charge on any atom is 0.240 e. The molecular weight excluding hydrogens is 318 g/mol. The van der Waals surface area contributed by atoms with Gasteiger partial charge in [-0.05, 0) is 12.8 Å². The zero-order valence-corrected chi connectivity index (χ0v) is 14.9. The fourth-order valence-electron chi connectivity index (χ4n) is 4.69. The van der Waals surface area contributed by atoms with E-state index in [0.717, 1.165) is 24.2 Å². The topological polar surface area (TPSA) is 81.3 Å². The summed E-state index contributed by atoms with van der Waals surface area (Å²) in [5.74, 6) is 0.250. The van der Waals surface area contributed by atoms with Crippen LogP contribution in [0.4, 0.5) is 0 Å². The number of nitrogens with one attached hydrogen (secondary N) is 2. The summed E-state index contributed by atoms with van der Waals surface area (Å²) in [6, 6.07) is -0.199. The monoisotopic (exact) mass is 345 g/mol. The Kier molecular flexibility index (Phi) is 4.27. The minimum absolute atomic E-state index is 0.0890. The van der Waals surface area contributed by atoms with E-state index in [2.05, 4.69) is 15.3 Å². The lowest BCUT2D eigenvalue weighted by Crippen LogP contribution is -2.61. The van der Waals surface area contributed by atoms with Crippen LogP contribution in [0.5, 0.6) is 0 Å². The molecule has 1 spiro atoms. The first-order chi connectivity index (χ1) is 12.1. The number of carbonyl (C=O) groups excluding carboxylic acids is 2. The van der Waals surface area contributed by atoms with Crippen LogP contribution in [0, 0.1) is 0 Å². The van der Waals surface area contributed by atoms with Crippen molar-refractivity contribution in [3.8, 4) is 0 Å². The van der Waals surface area contributed by atoms with Crippen molar-refractivity contribution in [3.05, 3.63) is 17.7 Å². The summed E-state index contributed by atoms with van der Waals surface area (Å²) in [6.45, 7) is 4.11. The van der Waals surface area contributed by atoms with Crippen LogP contribution in [0.15, 0.2) is 6.33 Å². The number of amides is 2. The molecule has 7 heteroatoms. The molecule has 2 N–H and O–H groups in total. The van der Waals surface area contributed by atoms with Crippen LogP contribution in [-0.2, 0) is 21.5 Å². The summed E-state index contributed by atoms with van der Waals surface area (Å²) in [5, 5.41) is 3.69. The van der Waals surface area contributed by atoms with E-state index in [1.165, 1.54) is 19.3 Å². The largest absolute Gasteiger partial charge is 0.348 e. The van der Waals surface area contributed by atoms with Crippen LogP contribution in [0.2, 0.25) is 0 Å². The Morgan fingerprint density at radius 3 is 2.48 bits per heavy atom. The standard InChI is InChI=1S/C18H27N5O2/c1-13(24)22-7-9-23(10-8-22)17(25)15-11-14-16(20-12-19-14)18(21-15)5-3-2-4-6-18/h12,15,21H,2-11H2,1H3,(H,19,20). The fourth-order valence-corrected chi connectivity index (χ4v) is 4.69. The Morgan fingerprint density at radius 2 is 1.80 bits per heavy atom. The minimum Gasteiger partial charge on any atom is -0.348 e. The molecule has 3 heterocycles. The molecule has 2 amide bonds. The Bertz CT molecular complexity index is 656. The molecule has 1 saturated heterocycles. The van der Waals surface area contributed by atoms with E-state index in [1.54, 1.807) is 13.3 Å². The third kappa shape index (κ3) is 2.94. The van der Waals surface area contributed by atoms with Crippen molar-refractivity contribution in [3.63, 3.8) is 0 Å². The van der Waals surface area contributed by atoms with E-state index >= 15 is 0 Å². The highest BCUT2D eigenvalue weighted by molar-refractivity contribution is 5.83. The number of fused-ring (bicyclic) bond motifs is 2. The van der Waals surface area contributed by atoms with Crippen LogP contribution in [0.1, 0.15) is 50.4 Å². The van der Waals surface area contributed by atoms with E-state index in [4.69, 9.17) is 0 Å². The highest BCUT2D eigenvalue weighted by Crippen LogP contribution is 2.40. The Balaban J connectivity index is 1.50. The van der Waals surface area contributed by atoms with Gasteiger partial charge in [0.05, 0.1) is 23.6 Å². The van der Waals surface area contributed by atoms with Crippen molar-refractivity contribution in [2.45, 2.75) is 57.0 Å². The van der Waals surface area contributed by atoms with Gasteiger partial charge in [0, 0.05) is 45.2 Å². The molecule has 7 nitrogen and oxygen atoms in total.